The molecule has 8 saturated heterocycles. The van der Waals surface area contributed by atoms with Crippen LogP contribution in [0.2, 0.25) is 66.5 Å². The Morgan fingerprint density at radius 2 is 0.793 bits per heavy atom. The topological polar surface area (TPSA) is 231 Å². The normalized spacial score (nSPS) is 37.6. The Morgan fingerprint density at radius 3 is 1.13 bits per heavy atom. The highest BCUT2D eigenvalue weighted by atomic mass is 35.5. The summed E-state index contributed by atoms with van der Waals surface area (Å²) in [7, 11) is -15.6. The lowest BCUT2D eigenvalue weighted by atomic mass is 9.98. The fraction of sp³-hybridized carbons (Fsp3) is 0.984. The molecule has 19 nitrogen and oxygen atoms in total. The van der Waals surface area contributed by atoms with Crippen molar-refractivity contribution in [3.63, 3.8) is 0 Å². The zero-order valence-corrected chi connectivity index (χ0v) is 65.5. The number of fused-ring (bicyclic) bond motifs is 4. The zero-order chi connectivity index (χ0) is 66.4. The van der Waals surface area contributed by atoms with Crippen molar-refractivity contribution in [1.82, 2.24) is 0 Å². The van der Waals surface area contributed by atoms with Gasteiger partial charge in [0.15, 0.2) is 16.9 Å². The minimum atomic E-state index is -2.70. The summed E-state index contributed by atoms with van der Waals surface area (Å²) in [5.74, 6) is 0.0265. The van der Waals surface area contributed by atoms with Crippen molar-refractivity contribution in [1.29, 1.82) is 0 Å². The zero-order valence-electron chi connectivity index (χ0n) is 58.7. The van der Waals surface area contributed by atoms with Gasteiger partial charge >= 0.3 is 51.4 Å². The highest BCUT2D eigenvalue weighted by Crippen LogP contribution is 2.57. The average Bonchev–Trinajstić information content (AvgIpc) is 1.57. The third-order valence-electron chi connectivity index (χ3n) is 20.1. The third-order valence-corrected chi connectivity index (χ3v) is 51.3. The van der Waals surface area contributed by atoms with Crippen LogP contribution in [-0.2, 0) is 67.4 Å². The van der Waals surface area contributed by atoms with Crippen LogP contribution in [0, 0.1) is 0 Å². The molecule has 16 atom stereocenters. The molecule has 8 heterocycles. The summed E-state index contributed by atoms with van der Waals surface area (Å²) in [6.45, 7) is 61.2. The maximum Gasteiger partial charge on any atom is 0.335 e. The quantitative estimate of drug-likeness (QED) is 0.0763. The van der Waals surface area contributed by atoms with Gasteiger partial charge in [-0.05, 0) is 94.2 Å². The van der Waals surface area contributed by atoms with E-state index in [0.29, 0.717) is 53.1 Å². The Bertz CT molecular complexity index is 2130. The van der Waals surface area contributed by atoms with E-state index < -0.39 is 93.6 Å². The largest absolute Gasteiger partial charge is 0.414 e. The second-order valence-corrected chi connectivity index (χ2v) is 56.8. The van der Waals surface area contributed by atoms with Gasteiger partial charge in [-0.15, -0.1) is 0 Å². The number of hydrogen-bond donors (Lipinski definition) is 4. The summed E-state index contributed by atoms with van der Waals surface area (Å²) in [4.78, 5) is 12.6. The molecule has 8 aliphatic heterocycles. The highest BCUT2D eigenvalue weighted by molar-refractivity contribution is 6.85. The van der Waals surface area contributed by atoms with Crippen molar-refractivity contribution in [2.45, 2.75) is 357 Å². The first kappa shape index (κ1) is 78.2. The first-order valence-corrected chi connectivity index (χ1v) is 45.5. The summed E-state index contributed by atoms with van der Waals surface area (Å²) < 4.78 is 90.7. The smallest absolute Gasteiger partial charge is 0.335 e. The summed E-state index contributed by atoms with van der Waals surface area (Å²) in [6.07, 6.45) is -6.09. The number of ketones is 1. The SMILES string of the molecule is CC(C)[Si]1(C(C)C)OC[C@H]2O[C@@H](C)C(=O)[C@H]2O[Si](C(C)C)(C(C)C)O1.CC(C)[Si]1(C(C)C)OC[C@H]2O[C@@H](C)C(O)[C@H]2O[Si](C(C)C)(C(C)C)O1.CC(C)[Si]1(C(C)C)OC[C@H]2O[C@@H](C)[C@@]3(OC3Cl)[C@H]2O[Si](C(C)C)(C(C)C)O1.C[C@@H]1O[C@H](CO)[C@H](O)C1O. The van der Waals surface area contributed by atoms with Gasteiger partial charge in [-0.2, -0.15) is 0 Å². The van der Waals surface area contributed by atoms with Crippen LogP contribution < -0.4 is 0 Å². The summed E-state index contributed by atoms with van der Waals surface area (Å²) in [5, 5.41) is 37.4. The lowest BCUT2D eigenvalue weighted by molar-refractivity contribution is -0.126. The molecule has 0 amide bonds. The number of hydrogen-bond acceptors (Lipinski definition) is 19. The van der Waals surface area contributed by atoms with Crippen molar-refractivity contribution in [2.75, 3.05) is 26.4 Å². The van der Waals surface area contributed by atoms with E-state index in [2.05, 4.69) is 166 Å². The van der Waals surface area contributed by atoms with Crippen LogP contribution in [-0.4, -0.2) is 201 Å². The molecule has 0 aromatic heterocycles. The number of epoxide rings is 1. The fourth-order valence-electron chi connectivity index (χ4n) is 14.6. The molecule has 3 unspecified atom stereocenters. The third kappa shape index (κ3) is 15.1. The van der Waals surface area contributed by atoms with Gasteiger partial charge in [0.05, 0.1) is 44.7 Å². The molecule has 8 fully saturated rings. The molecular formula is C61H123ClO19Si6. The van der Waals surface area contributed by atoms with Crippen molar-refractivity contribution in [2.24, 2.45) is 0 Å². The molecule has 87 heavy (non-hydrogen) atoms. The lowest BCUT2D eigenvalue weighted by Crippen LogP contribution is -2.66. The van der Waals surface area contributed by atoms with Crippen LogP contribution in [0.5, 0.6) is 0 Å². The van der Waals surface area contributed by atoms with Gasteiger partial charge in [-0.1, -0.05) is 178 Å². The monoisotopic (exact) mass is 1360 g/mol. The maximum atomic E-state index is 12.6. The Morgan fingerprint density at radius 1 is 0.448 bits per heavy atom. The first-order chi connectivity index (χ1) is 40.1. The van der Waals surface area contributed by atoms with Gasteiger partial charge in [-0.3, -0.25) is 4.79 Å². The number of aliphatic hydroxyl groups excluding tert-OH is 4. The number of halogens is 1. The number of Topliss-reactive ketones (excluding diaryl/α,β-unsaturated/α-hetero) is 1. The summed E-state index contributed by atoms with van der Waals surface area (Å²) >= 11 is 6.43. The molecule has 0 bridgehead atoms. The molecular weight excluding hydrogens is 1240 g/mol. The molecule has 4 N–H and O–H groups in total. The average molecular weight is 1360 g/mol. The molecule has 0 aliphatic carbocycles. The lowest BCUT2D eigenvalue weighted by Gasteiger charge is -2.51. The standard InChI is InChI=1S/C19H37ClO5Si2.C18H38O5Si2.C18H36O5Si2.C6H12O4/c1-11(2)26(12(3)4)21-10-16-17(19(15(9)22-16)18(20)23-19)24-27(25-26,13(5)6)14(7)8;2*1-11(2)24(12(3)4)20-10-16-18(17(19)15(9)21-16)22-25(23-24,13(5)6)14(7)8;1-3-5(8)6(9)4(2-7)10-3/h11-18H,10H2,1-9H3;11-19H,10H2,1-9H3;11-16,18H,10H2,1-9H3;3-9H,2H2,1H3/t15-,16+,17-,18?,19+;15-,16+,17?,18-;15-,16+,18-;3-,4+,5?,6-/m0000/s1. The number of alkyl halides is 1. The summed E-state index contributed by atoms with van der Waals surface area (Å²) in [6, 6.07) is 0. The van der Waals surface area contributed by atoms with Crippen LogP contribution in [0.1, 0.15) is 194 Å². The molecule has 0 radical (unpaired) electrons. The van der Waals surface area contributed by atoms with Crippen LogP contribution in [0.15, 0.2) is 0 Å². The maximum absolute atomic E-state index is 12.6. The first-order valence-electron chi connectivity index (χ1n) is 33.2. The molecule has 1 spiro atoms. The molecule has 8 rings (SSSR count). The Hall–Kier alpha value is 0.541. The van der Waals surface area contributed by atoms with Crippen molar-refractivity contribution >= 4 is 68.7 Å². The van der Waals surface area contributed by atoms with E-state index in [9.17, 15) is 9.90 Å². The van der Waals surface area contributed by atoms with Crippen molar-refractivity contribution in [3.8, 4) is 0 Å². The second kappa shape index (κ2) is 30.3. The fourth-order valence-corrected chi connectivity index (χ4v) is 48.7. The van der Waals surface area contributed by atoms with E-state index in [1.165, 1.54) is 0 Å². The van der Waals surface area contributed by atoms with Gasteiger partial charge < -0.3 is 83.0 Å². The Labute approximate surface area is 537 Å². The molecule has 8 aliphatic rings. The van der Waals surface area contributed by atoms with Crippen LogP contribution >= 0.6 is 11.6 Å². The van der Waals surface area contributed by atoms with Gasteiger partial charge in [0.2, 0.25) is 0 Å². The number of rotatable bonds is 13. The van der Waals surface area contributed by atoms with Gasteiger partial charge in [-0.25, -0.2) is 0 Å². The van der Waals surface area contributed by atoms with Crippen molar-refractivity contribution in [3.05, 3.63) is 0 Å². The molecule has 0 aromatic carbocycles. The van der Waals surface area contributed by atoms with E-state index >= 15 is 0 Å². The summed E-state index contributed by atoms with van der Waals surface area (Å²) in [5.41, 5.74) is 2.49. The van der Waals surface area contributed by atoms with Gasteiger partial charge in [0, 0.05) is 0 Å². The molecule has 0 aromatic rings. The van der Waals surface area contributed by atoms with Crippen LogP contribution in [0.3, 0.4) is 0 Å². The minimum Gasteiger partial charge on any atom is -0.414 e. The Kier molecular flexibility index (Phi) is 27.3. The van der Waals surface area contributed by atoms with E-state index in [4.69, 9.17) is 89.5 Å². The molecule has 26 heteroatoms. The van der Waals surface area contributed by atoms with E-state index in [1.807, 2.05) is 13.8 Å². The number of aliphatic hydroxyl groups is 4. The predicted molar refractivity (Wildman–Crippen MR) is 352 cm³/mol. The minimum absolute atomic E-state index is 0.0265. The van der Waals surface area contributed by atoms with Crippen LogP contribution in [0.25, 0.3) is 0 Å². The predicted octanol–water partition coefficient (Wildman–Crippen LogP) is 11.9. The van der Waals surface area contributed by atoms with Crippen molar-refractivity contribution < 1.29 is 87.8 Å². The van der Waals surface area contributed by atoms with E-state index in [1.54, 1.807) is 13.8 Å². The Balaban J connectivity index is 0.000000220. The van der Waals surface area contributed by atoms with Crippen LogP contribution in [0.4, 0.5) is 0 Å². The number of carbonyl (C=O) groups excluding carboxylic acids is 1. The van der Waals surface area contributed by atoms with Gasteiger partial charge in [0.1, 0.15) is 67.1 Å². The molecule has 512 valence electrons. The van der Waals surface area contributed by atoms with E-state index in [-0.39, 0.29) is 100 Å². The molecule has 0 saturated carbocycles. The number of ether oxygens (including phenoxy) is 5. The second-order valence-electron chi connectivity index (χ2n) is 29.8. The number of carbonyl (C=O) groups is 1. The van der Waals surface area contributed by atoms with E-state index in [0.717, 1.165) is 0 Å². The highest BCUT2D eigenvalue weighted by Gasteiger charge is 2.75. The van der Waals surface area contributed by atoms with Gasteiger partial charge in [0.25, 0.3) is 0 Å².